The van der Waals surface area contributed by atoms with Gasteiger partial charge in [0.25, 0.3) is 0 Å². The average Bonchev–Trinajstić information content (AvgIpc) is 2.44. The zero-order valence-corrected chi connectivity index (χ0v) is 12.9. The summed E-state index contributed by atoms with van der Waals surface area (Å²) >= 11 is 5.92. The summed E-state index contributed by atoms with van der Waals surface area (Å²) in [6, 6.07) is 8.45. The second kappa shape index (κ2) is 9.32. The highest BCUT2D eigenvalue weighted by atomic mass is 35.5. The Morgan fingerprint density at radius 2 is 1.95 bits per heavy atom. The number of nitrogens with zero attached hydrogens (tertiary/aromatic N) is 1. The van der Waals surface area contributed by atoms with Gasteiger partial charge >= 0.3 is 0 Å². The number of hydrogen-bond acceptors (Lipinski definition) is 3. The number of rotatable bonds is 9. The minimum Gasteiger partial charge on any atom is -0.383 e. The van der Waals surface area contributed by atoms with Crippen LogP contribution in [0.3, 0.4) is 0 Å². The third kappa shape index (κ3) is 5.91. The van der Waals surface area contributed by atoms with Gasteiger partial charge in [0.05, 0.1) is 6.61 Å². The third-order valence-electron chi connectivity index (χ3n) is 3.41. The summed E-state index contributed by atoms with van der Waals surface area (Å²) in [4.78, 5) is 2.41. The van der Waals surface area contributed by atoms with Gasteiger partial charge in [-0.05, 0) is 37.7 Å². The Kier molecular flexibility index (Phi) is 8.07. The van der Waals surface area contributed by atoms with Gasteiger partial charge in [0, 0.05) is 31.3 Å². The van der Waals surface area contributed by atoms with Crippen molar-refractivity contribution in [1.29, 1.82) is 0 Å². The molecule has 0 fully saturated rings. The van der Waals surface area contributed by atoms with Crippen molar-refractivity contribution < 1.29 is 4.74 Å². The van der Waals surface area contributed by atoms with Crippen LogP contribution in [0.5, 0.6) is 0 Å². The first kappa shape index (κ1) is 16.4. The first-order valence-corrected chi connectivity index (χ1v) is 7.23. The smallest absolute Gasteiger partial charge is 0.0589 e. The van der Waals surface area contributed by atoms with Gasteiger partial charge in [-0.2, -0.15) is 0 Å². The van der Waals surface area contributed by atoms with Crippen LogP contribution in [0, 0.1) is 0 Å². The molecule has 108 valence electrons. The topological polar surface area (TPSA) is 24.5 Å². The third-order valence-corrected chi connectivity index (χ3v) is 3.67. The van der Waals surface area contributed by atoms with Crippen molar-refractivity contribution in [3.63, 3.8) is 0 Å². The van der Waals surface area contributed by atoms with Crippen LogP contribution in [0.1, 0.15) is 24.9 Å². The van der Waals surface area contributed by atoms with E-state index >= 15 is 0 Å². The Labute approximate surface area is 121 Å². The molecule has 3 nitrogen and oxygen atoms in total. The second-order valence-corrected chi connectivity index (χ2v) is 5.04. The molecule has 4 heteroatoms. The van der Waals surface area contributed by atoms with Crippen molar-refractivity contribution in [1.82, 2.24) is 10.2 Å². The highest BCUT2D eigenvalue weighted by Crippen LogP contribution is 2.19. The summed E-state index contributed by atoms with van der Waals surface area (Å²) in [6.07, 6.45) is 1.08. The van der Waals surface area contributed by atoms with E-state index in [1.54, 1.807) is 7.11 Å². The van der Waals surface area contributed by atoms with Crippen molar-refractivity contribution >= 4 is 11.6 Å². The Balaban J connectivity index is 2.49. The fourth-order valence-electron chi connectivity index (χ4n) is 2.13. The van der Waals surface area contributed by atoms with Gasteiger partial charge < -0.3 is 15.0 Å². The van der Waals surface area contributed by atoms with Crippen molar-refractivity contribution in [2.75, 3.05) is 40.4 Å². The van der Waals surface area contributed by atoms with Crippen molar-refractivity contribution in [2.24, 2.45) is 0 Å². The summed E-state index contributed by atoms with van der Waals surface area (Å²) in [5.74, 6) is 0. The lowest BCUT2D eigenvalue weighted by Crippen LogP contribution is -2.31. The number of nitrogens with one attached hydrogen (secondary N) is 1. The molecule has 0 aliphatic carbocycles. The highest BCUT2D eigenvalue weighted by Gasteiger charge is 2.11. The van der Waals surface area contributed by atoms with E-state index in [2.05, 4.69) is 29.3 Å². The molecule has 1 unspecified atom stereocenters. The molecule has 1 rings (SSSR count). The molecule has 1 N–H and O–H groups in total. The Hall–Kier alpha value is -0.610. The van der Waals surface area contributed by atoms with Crippen LogP contribution in [0.25, 0.3) is 0 Å². The molecule has 1 aromatic carbocycles. The van der Waals surface area contributed by atoms with Crippen molar-refractivity contribution in [2.45, 2.75) is 19.4 Å². The fraction of sp³-hybridized carbons (Fsp3) is 0.600. The van der Waals surface area contributed by atoms with Crippen LogP contribution < -0.4 is 5.32 Å². The lowest BCUT2D eigenvalue weighted by Gasteiger charge is -2.23. The maximum atomic E-state index is 5.92. The lowest BCUT2D eigenvalue weighted by atomic mass is 10.0. The van der Waals surface area contributed by atoms with E-state index in [1.807, 2.05) is 19.2 Å². The first-order valence-electron chi connectivity index (χ1n) is 6.85. The van der Waals surface area contributed by atoms with Crippen LogP contribution in [-0.2, 0) is 4.74 Å². The summed E-state index contributed by atoms with van der Waals surface area (Å²) in [7, 11) is 3.75. The maximum Gasteiger partial charge on any atom is 0.0589 e. The van der Waals surface area contributed by atoms with Crippen LogP contribution in [0.4, 0.5) is 0 Å². The predicted octanol–water partition coefficient (Wildman–Crippen LogP) is 2.96. The molecule has 1 aromatic rings. The second-order valence-electron chi connectivity index (χ2n) is 4.61. The quantitative estimate of drug-likeness (QED) is 0.754. The van der Waals surface area contributed by atoms with E-state index in [9.17, 15) is 0 Å². The van der Waals surface area contributed by atoms with Crippen LogP contribution in [-0.4, -0.2) is 45.3 Å². The number of likely N-dealkylation sites (N-methyl/N-ethyl adjacent to an activating group) is 1. The van der Waals surface area contributed by atoms with Gasteiger partial charge in [-0.15, -0.1) is 0 Å². The van der Waals surface area contributed by atoms with E-state index in [0.29, 0.717) is 6.04 Å². The van der Waals surface area contributed by atoms with Gasteiger partial charge in [-0.3, -0.25) is 0 Å². The molecule has 0 aliphatic rings. The largest absolute Gasteiger partial charge is 0.383 e. The highest BCUT2D eigenvalue weighted by molar-refractivity contribution is 6.30. The van der Waals surface area contributed by atoms with Crippen LogP contribution in [0.2, 0.25) is 5.02 Å². The molecule has 19 heavy (non-hydrogen) atoms. The number of methoxy groups -OCH3 is 1. The molecule has 0 amide bonds. The maximum absolute atomic E-state index is 5.92. The minimum atomic E-state index is 0.369. The molecular formula is C15H25ClN2O. The van der Waals surface area contributed by atoms with Crippen molar-refractivity contribution in [3.8, 4) is 0 Å². The average molecular weight is 285 g/mol. The molecule has 0 aromatic heterocycles. The van der Waals surface area contributed by atoms with Gasteiger partial charge in [0.2, 0.25) is 0 Å². The summed E-state index contributed by atoms with van der Waals surface area (Å²) < 4.78 is 5.13. The molecule has 0 saturated carbocycles. The standard InChI is InChI=1S/C15H25ClN2O/c1-4-18(11-12-19-3)10-9-15(17-2)13-5-7-14(16)8-6-13/h5-8,15,17H,4,9-12H2,1-3H3. The molecule has 0 spiro atoms. The normalized spacial score (nSPS) is 12.9. The van der Waals surface area contributed by atoms with E-state index in [1.165, 1.54) is 5.56 Å². The monoisotopic (exact) mass is 284 g/mol. The molecule has 0 aliphatic heterocycles. The van der Waals surface area contributed by atoms with Crippen molar-refractivity contribution in [3.05, 3.63) is 34.9 Å². The van der Waals surface area contributed by atoms with Gasteiger partial charge in [-0.25, -0.2) is 0 Å². The Morgan fingerprint density at radius 3 is 2.47 bits per heavy atom. The van der Waals surface area contributed by atoms with Gasteiger partial charge in [0.1, 0.15) is 0 Å². The number of halogens is 1. The SMILES string of the molecule is CCN(CCOC)CCC(NC)c1ccc(Cl)cc1. The van der Waals surface area contributed by atoms with Crippen LogP contribution in [0.15, 0.2) is 24.3 Å². The van der Waals surface area contributed by atoms with Crippen LogP contribution >= 0.6 is 11.6 Å². The van der Waals surface area contributed by atoms with E-state index in [0.717, 1.165) is 37.7 Å². The number of ether oxygens (including phenoxy) is 1. The number of benzene rings is 1. The van der Waals surface area contributed by atoms with Gasteiger partial charge in [-0.1, -0.05) is 30.7 Å². The molecule has 0 heterocycles. The molecule has 0 bridgehead atoms. The molecule has 0 radical (unpaired) electrons. The first-order chi connectivity index (χ1) is 9.21. The predicted molar refractivity (Wildman–Crippen MR) is 81.9 cm³/mol. The van der Waals surface area contributed by atoms with Gasteiger partial charge in [0.15, 0.2) is 0 Å². The zero-order chi connectivity index (χ0) is 14.1. The summed E-state index contributed by atoms with van der Waals surface area (Å²) in [6.45, 7) is 6.09. The molecular weight excluding hydrogens is 260 g/mol. The number of hydrogen-bond donors (Lipinski definition) is 1. The Morgan fingerprint density at radius 1 is 1.26 bits per heavy atom. The van der Waals surface area contributed by atoms with E-state index < -0.39 is 0 Å². The summed E-state index contributed by atoms with van der Waals surface area (Å²) in [5, 5.41) is 4.16. The Bertz CT molecular complexity index is 343. The minimum absolute atomic E-state index is 0.369. The lowest BCUT2D eigenvalue weighted by molar-refractivity contribution is 0.148. The fourth-order valence-corrected chi connectivity index (χ4v) is 2.26. The van der Waals surface area contributed by atoms with E-state index in [4.69, 9.17) is 16.3 Å². The molecule has 0 saturated heterocycles. The summed E-state index contributed by atoms with van der Waals surface area (Å²) in [5.41, 5.74) is 1.29. The molecule has 1 atom stereocenters. The van der Waals surface area contributed by atoms with E-state index in [-0.39, 0.29) is 0 Å². The zero-order valence-electron chi connectivity index (χ0n) is 12.2.